The third kappa shape index (κ3) is 4.13. The van der Waals surface area contributed by atoms with Gasteiger partial charge in [-0.15, -0.1) is 0 Å². The highest BCUT2D eigenvalue weighted by Gasteiger charge is 2.45. The van der Waals surface area contributed by atoms with Crippen LogP contribution in [0.5, 0.6) is 0 Å². The van der Waals surface area contributed by atoms with Crippen molar-refractivity contribution in [1.29, 1.82) is 0 Å². The number of piperidine rings is 2. The molecule has 3 aliphatic heterocycles. The molecule has 1 unspecified atom stereocenters. The number of hydrogen-bond donors (Lipinski definition) is 3. The van der Waals surface area contributed by atoms with Gasteiger partial charge in [-0.05, 0) is 44.0 Å². The summed E-state index contributed by atoms with van der Waals surface area (Å²) in [5, 5.41) is 9.05. The molecule has 1 aromatic carbocycles. The molecule has 3 heterocycles. The van der Waals surface area contributed by atoms with Gasteiger partial charge in [-0.3, -0.25) is 29.4 Å². The summed E-state index contributed by atoms with van der Waals surface area (Å²) < 4.78 is 5.46. The SMILES string of the molecule is COCC1(CNCc2cccc3c2C(=O)N(C2CCC(=O)NC2=O)C3=O)CCNCC1. The summed E-state index contributed by atoms with van der Waals surface area (Å²) in [5.74, 6) is -1.94. The van der Waals surface area contributed by atoms with Gasteiger partial charge in [0.15, 0.2) is 0 Å². The van der Waals surface area contributed by atoms with E-state index in [1.54, 1.807) is 19.2 Å². The number of benzene rings is 1. The first-order valence-corrected chi connectivity index (χ1v) is 10.7. The highest BCUT2D eigenvalue weighted by Crippen LogP contribution is 2.31. The van der Waals surface area contributed by atoms with E-state index in [1.807, 2.05) is 6.07 Å². The third-order valence-corrected chi connectivity index (χ3v) is 6.48. The van der Waals surface area contributed by atoms with Crippen LogP contribution in [-0.2, 0) is 20.9 Å². The van der Waals surface area contributed by atoms with Crippen molar-refractivity contribution >= 4 is 23.6 Å². The second-order valence-corrected chi connectivity index (χ2v) is 8.57. The highest BCUT2D eigenvalue weighted by atomic mass is 16.5. The van der Waals surface area contributed by atoms with Gasteiger partial charge in [0.1, 0.15) is 6.04 Å². The van der Waals surface area contributed by atoms with E-state index in [2.05, 4.69) is 16.0 Å². The molecule has 2 saturated heterocycles. The van der Waals surface area contributed by atoms with Gasteiger partial charge >= 0.3 is 0 Å². The van der Waals surface area contributed by atoms with Crippen molar-refractivity contribution in [1.82, 2.24) is 20.9 Å². The van der Waals surface area contributed by atoms with Gasteiger partial charge in [-0.2, -0.15) is 0 Å². The van der Waals surface area contributed by atoms with Crippen molar-refractivity contribution < 1.29 is 23.9 Å². The lowest BCUT2D eigenvalue weighted by Gasteiger charge is -2.37. The van der Waals surface area contributed by atoms with Crippen LogP contribution in [0.1, 0.15) is 52.0 Å². The molecule has 0 radical (unpaired) electrons. The normalized spacial score (nSPS) is 23.1. The molecule has 4 amide bonds. The maximum Gasteiger partial charge on any atom is 0.262 e. The summed E-state index contributed by atoms with van der Waals surface area (Å²) in [5.41, 5.74) is 1.42. The standard InChI is InChI=1S/C22H28N4O5/c1-31-13-22(7-9-23-10-8-22)12-24-11-14-3-2-4-15-18(14)21(30)26(20(15)29)16-5-6-17(27)25-19(16)28/h2-4,16,23-24H,5-13H2,1H3,(H,25,27,28). The Bertz CT molecular complexity index is 904. The number of rotatable bonds is 7. The second kappa shape index (κ2) is 8.86. The molecule has 166 valence electrons. The van der Waals surface area contributed by atoms with Gasteiger partial charge in [0.05, 0.1) is 17.7 Å². The molecule has 1 aromatic rings. The molecule has 2 fully saturated rings. The first kappa shape index (κ1) is 21.6. The van der Waals surface area contributed by atoms with Gasteiger partial charge in [0.25, 0.3) is 11.8 Å². The van der Waals surface area contributed by atoms with Crippen LogP contribution in [0, 0.1) is 5.41 Å². The van der Waals surface area contributed by atoms with Crippen LogP contribution in [0.3, 0.4) is 0 Å². The maximum atomic E-state index is 13.2. The Morgan fingerprint density at radius 1 is 1.16 bits per heavy atom. The lowest BCUT2D eigenvalue weighted by molar-refractivity contribution is -0.136. The summed E-state index contributed by atoms with van der Waals surface area (Å²) in [6, 6.07) is 4.25. The number of hydrogen-bond acceptors (Lipinski definition) is 7. The Balaban J connectivity index is 1.49. The molecule has 9 nitrogen and oxygen atoms in total. The molecular formula is C22H28N4O5. The maximum absolute atomic E-state index is 13.2. The number of nitrogens with one attached hydrogen (secondary N) is 3. The minimum atomic E-state index is -0.953. The van der Waals surface area contributed by atoms with Crippen LogP contribution < -0.4 is 16.0 Å². The fraction of sp³-hybridized carbons (Fsp3) is 0.545. The van der Waals surface area contributed by atoms with E-state index in [4.69, 9.17) is 4.74 Å². The van der Waals surface area contributed by atoms with Gasteiger partial charge in [0.2, 0.25) is 11.8 Å². The zero-order valence-corrected chi connectivity index (χ0v) is 17.7. The summed E-state index contributed by atoms with van der Waals surface area (Å²) in [7, 11) is 1.71. The first-order valence-electron chi connectivity index (χ1n) is 10.7. The van der Waals surface area contributed by atoms with Crippen LogP contribution in [0.15, 0.2) is 18.2 Å². The minimum Gasteiger partial charge on any atom is -0.384 e. The number of methoxy groups -OCH3 is 1. The number of carbonyl (C=O) groups excluding carboxylic acids is 4. The van der Waals surface area contributed by atoms with E-state index in [-0.39, 0.29) is 24.2 Å². The van der Waals surface area contributed by atoms with Crippen LogP contribution in [0.25, 0.3) is 0 Å². The average Bonchev–Trinajstić information content (AvgIpc) is 3.00. The number of carbonyl (C=O) groups is 4. The topological polar surface area (TPSA) is 117 Å². The molecule has 3 N–H and O–H groups in total. The Morgan fingerprint density at radius 2 is 1.94 bits per heavy atom. The van der Waals surface area contributed by atoms with E-state index in [9.17, 15) is 19.2 Å². The first-order chi connectivity index (χ1) is 15.0. The molecule has 0 saturated carbocycles. The zero-order chi connectivity index (χ0) is 22.0. The van der Waals surface area contributed by atoms with Crippen LogP contribution in [-0.4, -0.2) is 67.9 Å². The van der Waals surface area contributed by atoms with Gasteiger partial charge in [-0.1, -0.05) is 12.1 Å². The number of imide groups is 2. The predicted molar refractivity (Wildman–Crippen MR) is 111 cm³/mol. The molecule has 0 bridgehead atoms. The average molecular weight is 428 g/mol. The Labute approximate surface area is 180 Å². The van der Waals surface area contributed by atoms with Crippen molar-refractivity contribution in [3.63, 3.8) is 0 Å². The second-order valence-electron chi connectivity index (χ2n) is 8.57. The van der Waals surface area contributed by atoms with Gasteiger partial charge in [-0.25, -0.2) is 0 Å². The Morgan fingerprint density at radius 3 is 2.65 bits per heavy atom. The molecule has 0 spiro atoms. The molecule has 3 aliphatic rings. The van der Waals surface area contributed by atoms with Gasteiger partial charge in [0, 0.05) is 32.0 Å². The van der Waals surface area contributed by atoms with E-state index in [0.29, 0.717) is 24.3 Å². The number of fused-ring (bicyclic) bond motifs is 1. The summed E-state index contributed by atoms with van der Waals surface area (Å²) in [4.78, 5) is 50.8. The van der Waals surface area contributed by atoms with E-state index in [1.165, 1.54) is 0 Å². The van der Waals surface area contributed by atoms with Gasteiger partial charge < -0.3 is 15.4 Å². The Hall–Kier alpha value is -2.62. The number of amides is 4. The smallest absolute Gasteiger partial charge is 0.262 e. The number of ether oxygens (including phenoxy) is 1. The zero-order valence-electron chi connectivity index (χ0n) is 17.7. The third-order valence-electron chi connectivity index (χ3n) is 6.48. The molecule has 0 aliphatic carbocycles. The largest absolute Gasteiger partial charge is 0.384 e. The summed E-state index contributed by atoms with van der Waals surface area (Å²) in [6.45, 7) is 3.73. The molecule has 1 atom stereocenters. The van der Waals surface area contributed by atoms with Crippen molar-refractivity contribution in [2.45, 2.75) is 38.3 Å². The number of nitrogens with zero attached hydrogens (tertiary/aromatic N) is 1. The fourth-order valence-electron chi connectivity index (χ4n) is 4.83. The van der Waals surface area contributed by atoms with E-state index >= 15 is 0 Å². The molecule has 31 heavy (non-hydrogen) atoms. The molecule has 4 rings (SSSR count). The minimum absolute atomic E-state index is 0.0382. The quantitative estimate of drug-likeness (QED) is 0.531. The highest BCUT2D eigenvalue weighted by molar-refractivity contribution is 6.24. The lowest BCUT2D eigenvalue weighted by Crippen LogP contribution is -2.54. The molecule has 9 heteroatoms. The predicted octanol–water partition coefficient (Wildman–Crippen LogP) is 0.194. The van der Waals surface area contributed by atoms with Crippen LogP contribution >= 0.6 is 0 Å². The van der Waals surface area contributed by atoms with Crippen molar-refractivity contribution in [2.75, 3.05) is 33.4 Å². The van der Waals surface area contributed by atoms with E-state index < -0.39 is 23.8 Å². The van der Waals surface area contributed by atoms with Crippen LogP contribution in [0.2, 0.25) is 0 Å². The fourth-order valence-corrected chi connectivity index (χ4v) is 4.83. The summed E-state index contributed by atoms with van der Waals surface area (Å²) in [6.07, 6.45) is 2.26. The Kier molecular flexibility index (Phi) is 6.17. The van der Waals surface area contributed by atoms with E-state index in [0.717, 1.165) is 42.9 Å². The summed E-state index contributed by atoms with van der Waals surface area (Å²) >= 11 is 0. The molecule has 0 aromatic heterocycles. The van der Waals surface area contributed by atoms with Crippen LogP contribution in [0.4, 0.5) is 0 Å². The van der Waals surface area contributed by atoms with Crippen molar-refractivity contribution in [3.8, 4) is 0 Å². The lowest BCUT2D eigenvalue weighted by atomic mass is 9.79. The van der Waals surface area contributed by atoms with Crippen molar-refractivity contribution in [2.24, 2.45) is 5.41 Å². The monoisotopic (exact) mass is 428 g/mol. The van der Waals surface area contributed by atoms with Crippen molar-refractivity contribution in [3.05, 3.63) is 34.9 Å². The molecular weight excluding hydrogens is 400 g/mol.